The Hall–Kier alpha value is 0.470. The molecule has 0 bridgehead atoms. The Morgan fingerprint density at radius 1 is 1.28 bits per heavy atom. The van der Waals surface area contributed by atoms with Gasteiger partial charge in [0.1, 0.15) is 9.76 Å². The van der Waals surface area contributed by atoms with Gasteiger partial charge < -0.3 is 19.1 Å². The highest BCUT2D eigenvalue weighted by molar-refractivity contribution is 8.10. The van der Waals surface area contributed by atoms with Gasteiger partial charge in [0.25, 0.3) is 0 Å². The third-order valence-corrected chi connectivity index (χ3v) is 4.53. The van der Waals surface area contributed by atoms with Crippen molar-refractivity contribution in [1.82, 2.24) is 4.90 Å². The predicted octanol–water partition coefficient (Wildman–Crippen LogP) is 1.75. The maximum Gasteiger partial charge on any atom is 0.158 e. The van der Waals surface area contributed by atoms with Gasteiger partial charge in [0, 0.05) is 18.7 Å². The lowest BCUT2D eigenvalue weighted by Gasteiger charge is -2.33. The zero-order valence-electron chi connectivity index (χ0n) is 10.2. The molecule has 2 aliphatic rings. The maximum atomic E-state index is 5.69. The summed E-state index contributed by atoms with van der Waals surface area (Å²) in [4.78, 5) is 2.08. The fourth-order valence-electron chi connectivity index (χ4n) is 1.89. The molecule has 1 atom stereocenters. The lowest BCUT2D eigenvalue weighted by atomic mass is 10.4. The molecule has 2 saturated heterocycles. The van der Waals surface area contributed by atoms with Crippen LogP contribution in [0.25, 0.3) is 0 Å². The lowest BCUT2D eigenvalue weighted by molar-refractivity contribution is -0.178. The maximum absolute atomic E-state index is 5.69. The van der Waals surface area contributed by atoms with Gasteiger partial charge in [0.05, 0.1) is 26.4 Å². The molecular weight excluding hydrogens is 290 g/mol. The van der Waals surface area contributed by atoms with Crippen molar-refractivity contribution in [2.24, 2.45) is 0 Å². The summed E-state index contributed by atoms with van der Waals surface area (Å²) in [5, 5.41) is 0. The first-order chi connectivity index (χ1) is 8.75. The minimum Gasteiger partial charge on any atom is -0.364 e. The number of nitrogens with zero attached hydrogens (tertiary/aromatic N) is 1. The monoisotopic (exact) mass is 309 g/mol. The molecule has 0 aromatic carbocycles. The van der Waals surface area contributed by atoms with E-state index >= 15 is 0 Å². The van der Waals surface area contributed by atoms with E-state index in [1.165, 1.54) is 0 Å². The van der Waals surface area contributed by atoms with Crippen molar-refractivity contribution in [2.45, 2.75) is 24.6 Å². The Labute approximate surface area is 123 Å². The molecular formula is C11H19NO3S3. The van der Waals surface area contributed by atoms with E-state index in [1.54, 1.807) is 11.8 Å². The summed E-state index contributed by atoms with van der Waals surface area (Å²) in [6, 6.07) is 0. The van der Waals surface area contributed by atoms with Crippen LogP contribution in [0.1, 0.15) is 12.8 Å². The molecule has 104 valence electrons. The largest absolute Gasteiger partial charge is 0.364 e. The standard InChI is InChI=1S/C11H19NO3S3/c16-11(17)12-3-6-15-10(8-12)18-7-2-9-13-4-1-5-14-9/h9-10H,1-8H2,(H,16,17). The molecule has 7 heteroatoms. The first-order valence-corrected chi connectivity index (χ1v) is 8.10. The Morgan fingerprint density at radius 3 is 2.78 bits per heavy atom. The summed E-state index contributed by atoms with van der Waals surface area (Å²) in [5.41, 5.74) is 0.174. The molecule has 0 spiro atoms. The van der Waals surface area contributed by atoms with Crippen molar-refractivity contribution in [3.8, 4) is 0 Å². The summed E-state index contributed by atoms with van der Waals surface area (Å²) in [6.07, 6.45) is 1.89. The van der Waals surface area contributed by atoms with Crippen molar-refractivity contribution in [3.05, 3.63) is 0 Å². The molecule has 0 aromatic heterocycles. The van der Waals surface area contributed by atoms with Crippen LogP contribution in [0.5, 0.6) is 0 Å². The fraction of sp³-hybridized carbons (Fsp3) is 0.909. The number of morpholine rings is 1. The van der Waals surface area contributed by atoms with E-state index in [1.807, 2.05) is 0 Å². The second-order valence-electron chi connectivity index (χ2n) is 4.21. The second kappa shape index (κ2) is 7.91. The summed E-state index contributed by atoms with van der Waals surface area (Å²) in [7, 11) is 0. The van der Waals surface area contributed by atoms with Crippen molar-refractivity contribution < 1.29 is 14.2 Å². The van der Waals surface area contributed by atoms with Crippen molar-refractivity contribution in [3.63, 3.8) is 0 Å². The minimum atomic E-state index is -0.0306. The fourth-order valence-corrected chi connectivity index (χ4v) is 3.31. The predicted molar refractivity (Wildman–Crippen MR) is 80.3 cm³/mol. The third-order valence-electron chi connectivity index (χ3n) is 2.86. The SMILES string of the molecule is S=C(S)N1CCOC(SCCC2OCCCO2)C1. The zero-order chi connectivity index (χ0) is 12.8. The highest BCUT2D eigenvalue weighted by Crippen LogP contribution is 2.21. The van der Waals surface area contributed by atoms with E-state index in [-0.39, 0.29) is 11.7 Å². The van der Waals surface area contributed by atoms with E-state index < -0.39 is 0 Å². The Bertz CT molecular complexity index is 274. The average molecular weight is 309 g/mol. The average Bonchev–Trinajstić information content (AvgIpc) is 2.40. The summed E-state index contributed by atoms with van der Waals surface area (Å²) >= 11 is 11.1. The number of ether oxygens (including phenoxy) is 3. The van der Waals surface area contributed by atoms with E-state index in [0.29, 0.717) is 4.32 Å². The molecule has 2 rings (SSSR count). The normalized spacial score (nSPS) is 26.3. The molecule has 0 aliphatic carbocycles. The van der Waals surface area contributed by atoms with Gasteiger partial charge in [-0.3, -0.25) is 0 Å². The topological polar surface area (TPSA) is 30.9 Å². The van der Waals surface area contributed by atoms with Gasteiger partial charge in [-0.05, 0) is 6.42 Å². The van der Waals surface area contributed by atoms with Gasteiger partial charge in [-0.1, -0.05) is 12.2 Å². The highest BCUT2D eigenvalue weighted by atomic mass is 32.2. The number of thiocarbonyl (C=S) groups is 1. The molecule has 2 aliphatic heterocycles. The Morgan fingerprint density at radius 2 is 2.06 bits per heavy atom. The summed E-state index contributed by atoms with van der Waals surface area (Å²) in [5.74, 6) is 0.975. The Balaban J connectivity index is 1.62. The molecule has 18 heavy (non-hydrogen) atoms. The van der Waals surface area contributed by atoms with Crippen LogP contribution in [-0.4, -0.2) is 59.6 Å². The van der Waals surface area contributed by atoms with E-state index in [4.69, 9.17) is 26.4 Å². The smallest absolute Gasteiger partial charge is 0.158 e. The van der Waals surface area contributed by atoms with E-state index in [2.05, 4.69) is 17.5 Å². The molecule has 0 amide bonds. The first-order valence-electron chi connectivity index (χ1n) is 6.20. The molecule has 4 nitrogen and oxygen atoms in total. The number of rotatable bonds is 4. The van der Waals surface area contributed by atoms with Gasteiger partial charge >= 0.3 is 0 Å². The van der Waals surface area contributed by atoms with Crippen molar-refractivity contribution >= 4 is 40.9 Å². The van der Waals surface area contributed by atoms with Gasteiger partial charge in [0.15, 0.2) is 6.29 Å². The second-order valence-corrected chi connectivity index (χ2v) is 6.59. The quantitative estimate of drug-likeness (QED) is 0.629. The molecule has 0 saturated carbocycles. The lowest BCUT2D eigenvalue weighted by Crippen LogP contribution is -2.42. The number of thiol groups is 1. The van der Waals surface area contributed by atoms with Gasteiger partial charge in [-0.25, -0.2) is 0 Å². The van der Waals surface area contributed by atoms with Crippen LogP contribution in [0.2, 0.25) is 0 Å². The van der Waals surface area contributed by atoms with Crippen LogP contribution in [0.4, 0.5) is 0 Å². The molecule has 1 unspecified atom stereocenters. The van der Waals surface area contributed by atoms with Crippen LogP contribution in [-0.2, 0) is 14.2 Å². The van der Waals surface area contributed by atoms with E-state index in [9.17, 15) is 0 Å². The number of hydrogen-bond acceptors (Lipinski definition) is 5. The minimum absolute atomic E-state index is 0.0306. The summed E-state index contributed by atoms with van der Waals surface area (Å²) < 4.78 is 17.4. The van der Waals surface area contributed by atoms with Crippen molar-refractivity contribution in [2.75, 3.05) is 38.7 Å². The highest BCUT2D eigenvalue weighted by Gasteiger charge is 2.22. The van der Waals surface area contributed by atoms with Crippen molar-refractivity contribution in [1.29, 1.82) is 0 Å². The van der Waals surface area contributed by atoms with Crippen LogP contribution in [0.3, 0.4) is 0 Å². The van der Waals surface area contributed by atoms with Crippen LogP contribution >= 0.6 is 36.6 Å². The molecule has 0 radical (unpaired) electrons. The number of thioether (sulfide) groups is 1. The summed E-state index contributed by atoms with van der Waals surface area (Å²) in [6.45, 7) is 4.01. The zero-order valence-corrected chi connectivity index (χ0v) is 12.8. The first kappa shape index (κ1) is 14.9. The molecule has 2 fully saturated rings. The van der Waals surface area contributed by atoms with E-state index in [0.717, 1.165) is 51.5 Å². The third kappa shape index (κ3) is 4.86. The van der Waals surface area contributed by atoms with Gasteiger partial charge in [-0.15, -0.1) is 24.4 Å². The van der Waals surface area contributed by atoms with Crippen LogP contribution < -0.4 is 0 Å². The Kier molecular flexibility index (Phi) is 6.54. The van der Waals surface area contributed by atoms with Gasteiger partial charge in [0.2, 0.25) is 0 Å². The van der Waals surface area contributed by atoms with Crippen LogP contribution in [0.15, 0.2) is 0 Å². The molecule has 0 aromatic rings. The van der Waals surface area contributed by atoms with Gasteiger partial charge in [-0.2, -0.15) is 0 Å². The molecule has 2 heterocycles. The van der Waals surface area contributed by atoms with Crippen LogP contribution in [0, 0.1) is 0 Å². The molecule has 0 N–H and O–H groups in total. The number of hydrogen-bond donors (Lipinski definition) is 1.